The van der Waals surface area contributed by atoms with E-state index in [0.717, 1.165) is 4.90 Å². The largest absolute Gasteiger partial charge is 0.461 e. The minimum atomic E-state index is -4.98. The van der Waals surface area contributed by atoms with E-state index in [4.69, 9.17) is 9.57 Å². The number of aryl methyl sites for hydroxylation is 1. The van der Waals surface area contributed by atoms with Crippen LogP contribution in [-0.4, -0.2) is 79.9 Å². The zero-order chi connectivity index (χ0) is 29.9. The number of sulfonamides is 1. The van der Waals surface area contributed by atoms with Gasteiger partial charge in [0, 0.05) is 31.4 Å². The number of ketones is 1. The monoisotopic (exact) mass is 581 g/mol. The van der Waals surface area contributed by atoms with Gasteiger partial charge >= 0.3 is 12.1 Å². The molecule has 40 heavy (non-hydrogen) atoms. The van der Waals surface area contributed by atoms with Gasteiger partial charge in [-0.1, -0.05) is 48.0 Å². The average Bonchev–Trinajstić information content (AvgIpc) is 3.25. The van der Waals surface area contributed by atoms with E-state index in [1.54, 1.807) is 25.1 Å². The zero-order valence-corrected chi connectivity index (χ0v) is 23.7. The molecule has 2 aromatic carbocycles. The first kappa shape index (κ1) is 31.1. The van der Waals surface area contributed by atoms with Crippen LogP contribution in [0.2, 0.25) is 0 Å². The van der Waals surface area contributed by atoms with Crippen LogP contribution in [0.4, 0.5) is 13.6 Å². The number of alkyl halides is 2. The number of benzene rings is 2. The van der Waals surface area contributed by atoms with Crippen molar-refractivity contribution in [3.8, 4) is 0 Å². The normalized spacial score (nSPS) is 18.3. The number of nitrogens with zero attached hydrogens (tertiary/aromatic N) is 2. The first-order valence-corrected chi connectivity index (χ1v) is 14.0. The Balaban J connectivity index is 2.37. The van der Waals surface area contributed by atoms with E-state index in [1.165, 1.54) is 64.3 Å². The van der Waals surface area contributed by atoms with Crippen molar-refractivity contribution in [1.29, 1.82) is 0 Å². The lowest BCUT2D eigenvalue weighted by atomic mass is 9.83. The van der Waals surface area contributed by atoms with Crippen molar-refractivity contribution in [3.63, 3.8) is 0 Å². The van der Waals surface area contributed by atoms with Crippen LogP contribution < -0.4 is 5.32 Å². The van der Waals surface area contributed by atoms with Gasteiger partial charge in [0.05, 0.1) is 23.6 Å². The van der Waals surface area contributed by atoms with E-state index in [1.807, 2.05) is 0 Å². The van der Waals surface area contributed by atoms with Gasteiger partial charge < -0.3 is 19.8 Å². The highest BCUT2D eigenvalue weighted by molar-refractivity contribution is 7.89. The Bertz CT molecular complexity index is 1340. The van der Waals surface area contributed by atoms with Crippen LogP contribution in [0.3, 0.4) is 0 Å². The van der Waals surface area contributed by atoms with Crippen LogP contribution >= 0.6 is 0 Å². The van der Waals surface area contributed by atoms with Crippen molar-refractivity contribution < 1.29 is 41.2 Å². The first-order valence-electron chi connectivity index (χ1n) is 12.5. The molecule has 3 rings (SSSR count). The van der Waals surface area contributed by atoms with E-state index in [2.05, 4.69) is 5.32 Å². The molecule has 13 heteroatoms. The molecule has 0 aromatic heterocycles. The highest BCUT2D eigenvalue weighted by Crippen LogP contribution is 2.36. The molecule has 0 radical (unpaired) electrons. The fourth-order valence-electron chi connectivity index (χ4n) is 4.17. The minimum Gasteiger partial charge on any atom is -0.461 e. The third-order valence-electron chi connectivity index (χ3n) is 6.19. The van der Waals surface area contributed by atoms with Gasteiger partial charge in [-0.3, -0.25) is 4.79 Å². The molecule has 1 fully saturated rings. The van der Waals surface area contributed by atoms with Gasteiger partial charge in [0.1, 0.15) is 0 Å². The number of ether oxygens (including phenoxy) is 1. The Morgan fingerprint density at radius 1 is 1.07 bits per heavy atom. The smallest absolute Gasteiger partial charge is 0.429 e. The average molecular weight is 582 g/mol. The second-order valence-corrected chi connectivity index (χ2v) is 11.9. The summed E-state index contributed by atoms with van der Waals surface area (Å²) in [5.74, 6) is -5.93. The molecule has 2 atom stereocenters. The number of carbonyl (C=O) groups is 3. The molecule has 1 amide bonds. The molecule has 1 aliphatic heterocycles. The van der Waals surface area contributed by atoms with E-state index < -0.39 is 75.8 Å². The third kappa shape index (κ3) is 6.65. The van der Waals surface area contributed by atoms with Gasteiger partial charge in [-0.2, -0.15) is 0 Å². The summed E-state index contributed by atoms with van der Waals surface area (Å²) in [4.78, 5) is 47.0. The molecule has 0 saturated carbocycles. The summed E-state index contributed by atoms with van der Waals surface area (Å²) in [6.45, 7) is 3.80. The lowest BCUT2D eigenvalue weighted by Crippen LogP contribution is -2.67. The number of rotatable bonds is 10. The molecule has 2 aromatic rings. The predicted octanol–water partition coefficient (Wildman–Crippen LogP) is 3.10. The van der Waals surface area contributed by atoms with Crippen LogP contribution in [0, 0.1) is 6.92 Å². The molecule has 0 spiro atoms. The number of nitrogens with one attached hydrogen (secondary N) is 1. The van der Waals surface area contributed by atoms with Crippen molar-refractivity contribution in [3.05, 3.63) is 65.7 Å². The third-order valence-corrected chi connectivity index (χ3v) is 7.88. The van der Waals surface area contributed by atoms with Crippen LogP contribution in [-0.2, 0) is 35.6 Å². The molecule has 0 unspecified atom stereocenters. The standard InChI is InChI=1S/C27H33F2N3O7S/c1-18(2)38-24(34)27(15-20-9-7-6-8-10-20,23(33)22-16-26(28,29)17-30-22)32(39-25(35)31(4)5)40(36,37)21-13-11-19(3)12-14-21/h6-14,18,22,30H,15-17H2,1-5H3/t22-,27+/m0/s1. The second-order valence-electron chi connectivity index (χ2n) is 10.1. The van der Waals surface area contributed by atoms with Gasteiger partial charge in [-0.05, 0) is 38.5 Å². The van der Waals surface area contributed by atoms with Crippen molar-refractivity contribution in [2.75, 3.05) is 20.6 Å². The quantitative estimate of drug-likeness (QED) is 0.258. The molecule has 1 heterocycles. The summed E-state index contributed by atoms with van der Waals surface area (Å²) in [5, 5.41) is 2.40. The van der Waals surface area contributed by atoms with E-state index in [-0.39, 0.29) is 10.0 Å². The Morgan fingerprint density at radius 3 is 2.17 bits per heavy atom. The Labute approximate surface area is 232 Å². The number of esters is 1. The maximum Gasteiger partial charge on any atom is 0.429 e. The molecule has 1 N–H and O–H groups in total. The fraction of sp³-hybridized carbons (Fsp3) is 0.444. The number of halogens is 2. The van der Waals surface area contributed by atoms with Gasteiger partial charge in [0.25, 0.3) is 15.9 Å². The second kappa shape index (κ2) is 12.0. The van der Waals surface area contributed by atoms with Gasteiger partial charge in [0.15, 0.2) is 5.78 Å². The summed E-state index contributed by atoms with van der Waals surface area (Å²) in [5.41, 5.74) is -1.93. The highest BCUT2D eigenvalue weighted by Gasteiger charge is 2.63. The van der Waals surface area contributed by atoms with E-state index in [0.29, 0.717) is 5.56 Å². The summed E-state index contributed by atoms with van der Waals surface area (Å²) in [6, 6.07) is 11.6. The number of Topliss-reactive ketones (excluding diaryl/α,β-unsaturated/α-hetero) is 1. The van der Waals surface area contributed by atoms with Gasteiger partial charge in [0.2, 0.25) is 5.54 Å². The van der Waals surface area contributed by atoms with E-state index >= 15 is 0 Å². The van der Waals surface area contributed by atoms with Crippen LogP contribution in [0.5, 0.6) is 0 Å². The number of carbonyl (C=O) groups excluding carboxylic acids is 3. The topological polar surface area (TPSA) is 122 Å². The summed E-state index contributed by atoms with van der Waals surface area (Å²) < 4.78 is 62.4. The number of hydroxylamine groups is 1. The number of hydrogen-bond acceptors (Lipinski definition) is 8. The van der Waals surface area contributed by atoms with Crippen molar-refractivity contribution in [1.82, 2.24) is 14.7 Å². The fourth-order valence-corrected chi connectivity index (χ4v) is 5.64. The summed E-state index contributed by atoms with van der Waals surface area (Å²) >= 11 is 0. The lowest BCUT2D eigenvalue weighted by molar-refractivity contribution is -0.183. The van der Waals surface area contributed by atoms with Crippen molar-refractivity contribution in [2.24, 2.45) is 0 Å². The summed E-state index contributed by atoms with van der Waals surface area (Å²) in [6.07, 6.45) is -3.75. The summed E-state index contributed by atoms with van der Waals surface area (Å²) in [7, 11) is -2.44. The Kier molecular flexibility index (Phi) is 9.32. The lowest BCUT2D eigenvalue weighted by Gasteiger charge is -2.39. The maximum atomic E-state index is 14.3. The molecule has 1 saturated heterocycles. The Hall–Kier alpha value is -3.42. The number of hydrogen-bond donors (Lipinski definition) is 1. The molecular formula is C27H33F2N3O7S. The molecule has 10 nitrogen and oxygen atoms in total. The number of amides is 1. The Morgan fingerprint density at radius 2 is 1.68 bits per heavy atom. The van der Waals surface area contributed by atoms with Crippen molar-refractivity contribution in [2.45, 2.75) is 62.1 Å². The van der Waals surface area contributed by atoms with Crippen LogP contribution in [0.25, 0.3) is 0 Å². The van der Waals surface area contributed by atoms with Crippen LogP contribution in [0.1, 0.15) is 31.4 Å². The first-order chi connectivity index (χ1) is 18.6. The van der Waals surface area contributed by atoms with Crippen molar-refractivity contribution >= 4 is 27.9 Å². The zero-order valence-electron chi connectivity index (χ0n) is 22.9. The highest BCUT2D eigenvalue weighted by atomic mass is 32.2. The molecule has 0 aliphatic carbocycles. The van der Waals surface area contributed by atoms with Gasteiger partial charge in [-0.15, -0.1) is 0 Å². The minimum absolute atomic E-state index is 0.0329. The van der Waals surface area contributed by atoms with Crippen LogP contribution in [0.15, 0.2) is 59.5 Å². The maximum absolute atomic E-state index is 14.3. The van der Waals surface area contributed by atoms with Gasteiger partial charge in [-0.25, -0.2) is 26.8 Å². The molecule has 218 valence electrons. The SMILES string of the molecule is Cc1ccc(S(=O)(=O)N(OC(=O)N(C)C)[C@@](Cc2ccccc2)(C(=O)OC(C)C)C(=O)[C@@H]2CC(F)(F)CN2)cc1. The molecule has 1 aliphatic rings. The van der Waals surface area contributed by atoms with E-state index in [9.17, 15) is 31.6 Å². The molecule has 0 bridgehead atoms. The predicted molar refractivity (Wildman–Crippen MR) is 141 cm³/mol. The molecular weight excluding hydrogens is 548 g/mol.